The molecule has 0 aliphatic carbocycles. The maximum atomic E-state index is 12.5. The van der Waals surface area contributed by atoms with Gasteiger partial charge < -0.3 is 9.88 Å². The zero-order valence-electron chi connectivity index (χ0n) is 14.1. The van der Waals surface area contributed by atoms with E-state index in [4.69, 9.17) is 0 Å². The first-order valence-corrected chi connectivity index (χ1v) is 9.48. The molecule has 0 unspecified atom stereocenters. The molecule has 1 aromatic carbocycles. The number of rotatable bonds is 6. The van der Waals surface area contributed by atoms with E-state index in [0.717, 1.165) is 50.7 Å². The fourth-order valence-electron chi connectivity index (χ4n) is 2.81. The molecule has 5 nitrogen and oxygen atoms in total. The van der Waals surface area contributed by atoms with Gasteiger partial charge in [0.15, 0.2) is 0 Å². The zero-order valence-corrected chi connectivity index (χ0v) is 14.9. The van der Waals surface area contributed by atoms with Crippen LogP contribution in [0.4, 0.5) is 0 Å². The monoisotopic (exact) mass is 344 g/mol. The molecular formula is C18H24N4OS. The van der Waals surface area contributed by atoms with E-state index in [2.05, 4.69) is 39.1 Å². The second kappa shape index (κ2) is 8.35. The fraction of sp³-hybridized carbons (Fsp3) is 0.444. The molecule has 0 saturated carbocycles. The van der Waals surface area contributed by atoms with Gasteiger partial charge in [0.05, 0.1) is 6.20 Å². The summed E-state index contributed by atoms with van der Waals surface area (Å²) in [6.45, 7) is 6.54. The molecule has 0 radical (unpaired) electrons. The third-order valence-corrected chi connectivity index (χ3v) is 5.26. The largest absolute Gasteiger partial charge is 0.338 e. The lowest BCUT2D eigenvalue weighted by Crippen LogP contribution is -2.49. The summed E-state index contributed by atoms with van der Waals surface area (Å²) >= 11 is 1.89. The Balaban J connectivity index is 1.41. The maximum absolute atomic E-state index is 12.5. The number of H-pyrrole nitrogens is 1. The molecule has 0 atom stereocenters. The SMILES string of the molecule is CCc1ncc(C(=O)N2CCN(CCSc3ccccc3)CC2)[nH]1. The lowest BCUT2D eigenvalue weighted by atomic mass is 10.3. The summed E-state index contributed by atoms with van der Waals surface area (Å²) in [6.07, 6.45) is 2.48. The Morgan fingerprint density at radius 2 is 1.96 bits per heavy atom. The smallest absolute Gasteiger partial charge is 0.272 e. The van der Waals surface area contributed by atoms with Crippen molar-refractivity contribution in [2.75, 3.05) is 38.5 Å². The topological polar surface area (TPSA) is 52.2 Å². The third-order valence-electron chi connectivity index (χ3n) is 4.27. The van der Waals surface area contributed by atoms with Crippen LogP contribution in [0.1, 0.15) is 23.2 Å². The van der Waals surface area contributed by atoms with Crippen molar-refractivity contribution < 1.29 is 4.79 Å². The summed E-state index contributed by atoms with van der Waals surface area (Å²) in [6, 6.07) is 10.5. The van der Waals surface area contributed by atoms with E-state index in [1.165, 1.54) is 4.90 Å². The highest BCUT2D eigenvalue weighted by atomic mass is 32.2. The van der Waals surface area contributed by atoms with Gasteiger partial charge in [0, 0.05) is 49.8 Å². The number of piperazine rings is 1. The van der Waals surface area contributed by atoms with Gasteiger partial charge in [-0.3, -0.25) is 9.69 Å². The van der Waals surface area contributed by atoms with Crippen LogP contribution in [0.2, 0.25) is 0 Å². The number of aromatic amines is 1. The lowest BCUT2D eigenvalue weighted by Gasteiger charge is -2.34. The predicted molar refractivity (Wildman–Crippen MR) is 97.5 cm³/mol. The normalized spacial score (nSPS) is 15.6. The minimum absolute atomic E-state index is 0.0699. The van der Waals surface area contributed by atoms with Crippen LogP contribution in [0, 0.1) is 0 Å². The number of nitrogens with one attached hydrogen (secondary N) is 1. The van der Waals surface area contributed by atoms with E-state index < -0.39 is 0 Å². The van der Waals surface area contributed by atoms with Crippen LogP contribution in [-0.2, 0) is 6.42 Å². The first-order valence-electron chi connectivity index (χ1n) is 8.49. The van der Waals surface area contributed by atoms with Gasteiger partial charge in [0.2, 0.25) is 0 Å². The number of nitrogens with zero attached hydrogens (tertiary/aromatic N) is 3. The Morgan fingerprint density at radius 3 is 2.62 bits per heavy atom. The average molecular weight is 344 g/mol. The highest BCUT2D eigenvalue weighted by molar-refractivity contribution is 7.99. The standard InChI is InChI=1S/C18H24N4OS/c1-2-17-19-14-16(20-17)18(23)22-10-8-21(9-11-22)12-13-24-15-6-4-3-5-7-15/h3-7,14H,2,8-13H2,1H3,(H,19,20). The van der Waals surface area contributed by atoms with Crippen molar-refractivity contribution in [2.45, 2.75) is 18.2 Å². The van der Waals surface area contributed by atoms with Gasteiger partial charge in [-0.25, -0.2) is 4.98 Å². The van der Waals surface area contributed by atoms with Gasteiger partial charge in [-0.2, -0.15) is 0 Å². The summed E-state index contributed by atoms with van der Waals surface area (Å²) < 4.78 is 0. The average Bonchev–Trinajstić information content (AvgIpc) is 3.12. The molecule has 2 aromatic rings. The fourth-order valence-corrected chi connectivity index (χ4v) is 3.74. The van der Waals surface area contributed by atoms with Crippen LogP contribution in [0.5, 0.6) is 0 Å². The summed E-state index contributed by atoms with van der Waals surface area (Å²) in [5.74, 6) is 2.02. The van der Waals surface area contributed by atoms with E-state index in [1.807, 2.05) is 29.7 Å². The number of carbonyl (C=O) groups excluding carboxylic acids is 1. The van der Waals surface area contributed by atoms with Crippen LogP contribution in [-0.4, -0.2) is 64.2 Å². The highest BCUT2D eigenvalue weighted by Gasteiger charge is 2.23. The molecule has 3 rings (SSSR count). The summed E-state index contributed by atoms with van der Waals surface area (Å²) in [7, 11) is 0. The van der Waals surface area contributed by atoms with Gasteiger partial charge in [-0.15, -0.1) is 11.8 Å². The first kappa shape index (κ1) is 17.0. The first-order chi connectivity index (χ1) is 11.8. The lowest BCUT2D eigenvalue weighted by molar-refractivity contribution is 0.0639. The Kier molecular flexibility index (Phi) is 5.93. The predicted octanol–water partition coefficient (Wildman–Crippen LogP) is 2.52. The van der Waals surface area contributed by atoms with Gasteiger partial charge in [-0.05, 0) is 12.1 Å². The maximum Gasteiger partial charge on any atom is 0.272 e. The highest BCUT2D eigenvalue weighted by Crippen LogP contribution is 2.17. The van der Waals surface area contributed by atoms with E-state index in [1.54, 1.807) is 6.20 Å². The molecule has 1 aromatic heterocycles. The minimum atomic E-state index is 0.0699. The summed E-state index contributed by atoms with van der Waals surface area (Å²) in [5, 5.41) is 0. The summed E-state index contributed by atoms with van der Waals surface area (Å²) in [5.41, 5.74) is 0.611. The number of thioether (sulfide) groups is 1. The molecule has 0 bridgehead atoms. The molecule has 0 spiro atoms. The third kappa shape index (κ3) is 4.39. The van der Waals surface area contributed by atoms with Crippen molar-refractivity contribution >= 4 is 17.7 Å². The molecule has 6 heteroatoms. The second-order valence-electron chi connectivity index (χ2n) is 5.89. The van der Waals surface area contributed by atoms with E-state index in [0.29, 0.717) is 5.69 Å². The van der Waals surface area contributed by atoms with Crippen molar-refractivity contribution in [3.05, 3.63) is 48.0 Å². The quantitative estimate of drug-likeness (QED) is 0.818. The molecule has 1 fully saturated rings. The number of hydrogen-bond donors (Lipinski definition) is 1. The number of hydrogen-bond acceptors (Lipinski definition) is 4. The Bertz CT molecular complexity index is 650. The van der Waals surface area contributed by atoms with Gasteiger partial charge >= 0.3 is 0 Å². The number of aromatic nitrogens is 2. The minimum Gasteiger partial charge on any atom is -0.338 e. The van der Waals surface area contributed by atoms with Gasteiger partial charge in [-0.1, -0.05) is 25.1 Å². The second-order valence-corrected chi connectivity index (χ2v) is 7.06. The molecule has 128 valence electrons. The molecule has 1 N–H and O–H groups in total. The van der Waals surface area contributed by atoms with Crippen LogP contribution in [0.3, 0.4) is 0 Å². The Hall–Kier alpha value is -1.79. The molecule has 1 amide bonds. The molecule has 24 heavy (non-hydrogen) atoms. The van der Waals surface area contributed by atoms with E-state index >= 15 is 0 Å². The number of aryl methyl sites for hydroxylation is 1. The van der Waals surface area contributed by atoms with E-state index in [9.17, 15) is 4.79 Å². The summed E-state index contributed by atoms with van der Waals surface area (Å²) in [4.78, 5) is 25.5. The number of carbonyl (C=O) groups is 1. The Morgan fingerprint density at radius 1 is 1.21 bits per heavy atom. The molecular weight excluding hydrogens is 320 g/mol. The number of benzene rings is 1. The van der Waals surface area contributed by atoms with Gasteiger partial charge in [0.1, 0.15) is 11.5 Å². The van der Waals surface area contributed by atoms with Crippen molar-refractivity contribution in [3.8, 4) is 0 Å². The van der Waals surface area contributed by atoms with Gasteiger partial charge in [0.25, 0.3) is 5.91 Å². The van der Waals surface area contributed by atoms with E-state index in [-0.39, 0.29) is 5.91 Å². The zero-order chi connectivity index (χ0) is 16.8. The van der Waals surface area contributed by atoms with Crippen molar-refractivity contribution in [2.24, 2.45) is 0 Å². The molecule has 2 heterocycles. The molecule has 1 aliphatic rings. The van der Waals surface area contributed by atoms with Crippen LogP contribution in [0.15, 0.2) is 41.4 Å². The van der Waals surface area contributed by atoms with Crippen molar-refractivity contribution in [1.82, 2.24) is 19.8 Å². The van der Waals surface area contributed by atoms with Crippen LogP contribution >= 0.6 is 11.8 Å². The Labute approximate surface area is 147 Å². The van der Waals surface area contributed by atoms with Crippen molar-refractivity contribution in [3.63, 3.8) is 0 Å². The van der Waals surface area contributed by atoms with Crippen LogP contribution in [0.25, 0.3) is 0 Å². The molecule has 1 aliphatic heterocycles. The number of imidazole rings is 1. The van der Waals surface area contributed by atoms with Crippen molar-refractivity contribution in [1.29, 1.82) is 0 Å². The number of amides is 1. The molecule has 1 saturated heterocycles. The van der Waals surface area contributed by atoms with Crippen LogP contribution < -0.4 is 0 Å².